The molecule has 0 spiro atoms. The van der Waals surface area contributed by atoms with Crippen LogP contribution in [0.4, 0.5) is 11.4 Å². The monoisotopic (exact) mass is 309 g/mol. The molecular formula is C18H19N3O2. The highest BCUT2D eigenvalue weighted by molar-refractivity contribution is 5.96. The van der Waals surface area contributed by atoms with Crippen LogP contribution < -0.4 is 5.32 Å². The number of phenols is 1. The molecule has 23 heavy (non-hydrogen) atoms. The number of hydrogen-bond acceptors (Lipinski definition) is 4. The van der Waals surface area contributed by atoms with E-state index in [4.69, 9.17) is 5.41 Å². The van der Waals surface area contributed by atoms with Crippen molar-refractivity contribution in [3.8, 4) is 5.75 Å². The number of benzene rings is 2. The minimum Gasteiger partial charge on any atom is -0.508 e. The second-order valence-electron chi connectivity index (χ2n) is 5.62. The molecule has 0 aromatic heterocycles. The van der Waals surface area contributed by atoms with Gasteiger partial charge >= 0.3 is 0 Å². The SMILES string of the molecule is N=Cc1cc(O)ccc1Nc1cccc(C(=O)N2CCCC2)c1. The third-order valence-corrected chi connectivity index (χ3v) is 3.97. The summed E-state index contributed by atoms with van der Waals surface area (Å²) in [5.41, 5.74) is 2.74. The molecule has 0 atom stereocenters. The van der Waals surface area contributed by atoms with E-state index in [2.05, 4.69) is 5.32 Å². The average Bonchev–Trinajstić information content (AvgIpc) is 3.10. The lowest BCUT2D eigenvalue weighted by molar-refractivity contribution is 0.0793. The summed E-state index contributed by atoms with van der Waals surface area (Å²) < 4.78 is 0. The Morgan fingerprint density at radius 3 is 2.70 bits per heavy atom. The van der Waals surface area contributed by atoms with Crippen LogP contribution in [0.25, 0.3) is 0 Å². The Morgan fingerprint density at radius 2 is 1.96 bits per heavy atom. The molecule has 0 aliphatic carbocycles. The van der Waals surface area contributed by atoms with Crippen LogP contribution in [0.5, 0.6) is 5.75 Å². The van der Waals surface area contributed by atoms with Gasteiger partial charge in [-0.05, 0) is 49.2 Å². The number of rotatable bonds is 4. The van der Waals surface area contributed by atoms with E-state index >= 15 is 0 Å². The number of hydrogen-bond donors (Lipinski definition) is 3. The summed E-state index contributed by atoms with van der Waals surface area (Å²) in [4.78, 5) is 14.3. The molecule has 0 saturated carbocycles. The van der Waals surface area contributed by atoms with Crippen LogP contribution in [0.3, 0.4) is 0 Å². The minimum absolute atomic E-state index is 0.0594. The number of likely N-dealkylation sites (tertiary alicyclic amines) is 1. The van der Waals surface area contributed by atoms with Crippen molar-refractivity contribution >= 4 is 23.5 Å². The first-order chi connectivity index (χ1) is 11.2. The Labute approximate surface area is 135 Å². The molecule has 0 radical (unpaired) electrons. The number of carbonyl (C=O) groups is 1. The lowest BCUT2D eigenvalue weighted by atomic mass is 10.1. The van der Waals surface area contributed by atoms with Gasteiger partial charge in [-0.25, -0.2) is 0 Å². The molecule has 2 aromatic rings. The van der Waals surface area contributed by atoms with E-state index in [1.807, 2.05) is 29.2 Å². The Hall–Kier alpha value is -2.82. The van der Waals surface area contributed by atoms with Crippen molar-refractivity contribution in [2.75, 3.05) is 18.4 Å². The van der Waals surface area contributed by atoms with Gasteiger partial charge in [0.1, 0.15) is 5.75 Å². The predicted molar refractivity (Wildman–Crippen MR) is 90.9 cm³/mol. The van der Waals surface area contributed by atoms with Crippen LogP contribution in [0.15, 0.2) is 42.5 Å². The van der Waals surface area contributed by atoms with Crippen molar-refractivity contribution in [2.45, 2.75) is 12.8 Å². The van der Waals surface area contributed by atoms with E-state index in [1.54, 1.807) is 12.1 Å². The fourth-order valence-corrected chi connectivity index (χ4v) is 2.77. The number of amides is 1. The first-order valence-corrected chi connectivity index (χ1v) is 7.67. The molecule has 118 valence electrons. The topological polar surface area (TPSA) is 76.4 Å². The molecule has 0 unspecified atom stereocenters. The molecule has 1 aliphatic rings. The summed E-state index contributed by atoms with van der Waals surface area (Å²) in [6.45, 7) is 1.65. The summed E-state index contributed by atoms with van der Waals surface area (Å²) in [7, 11) is 0. The summed E-state index contributed by atoms with van der Waals surface area (Å²) in [5, 5.41) is 20.1. The maximum absolute atomic E-state index is 12.4. The van der Waals surface area contributed by atoms with Gasteiger partial charge in [-0.15, -0.1) is 0 Å². The third-order valence-electron chi connectivity index (χ3n) is 3.97. The molecule has 1 heterocycles. The highest BCUT2D eigenvalue weighted by atomic mass is 16.3. The zero-order chi connectivity index (χ0) is 16.2. The van der Waals surface area contributed by atoms with E-state index in [0.29, 0.717) is 16.8 Å². The van der Waals surface area contributed by atoms with E-state index in [-0.39, 0.29) is 11.7 Å². The minimum atomic E-state index is 0.0594. The van der Waals surface area contributed by atoms with E-state index in [0.717, 1.165) is 31.6 Å². The van der Waals surface area contributed by atoms with Crippen molar-refractivity contribution in [3.05, 3.63) is 53.6 Å². The molecule has 5 heteroatoms. The summed E-state index contributed by atoms with van der Waals surface area (Å²) in [5.74, 6) is 0.177. The quantitative estimate of drug-likeness (QED) is 0.598. The Bertz CT molecular complexity index is 737. The highest BCUT2D eigenvalue weighted by Gasteiger charge is 2.19. The summed E-state index contributed by atoms with van der Waals surface area (Å²) in [6.07, 6.45) is 3.32. The van der Waals surface area contributed by atoms with Gasteiger partial charge in [0.15, 0.2) is 0 Å². The lowest BCUT2D eigenvalue weighted by Crippen LogP contribution is -2.27. The van der Waals surface area contributed by atoms with Crippen LogP contribution in [0.2, 0.25) is 0 Å². The smallest absolute Gasteiger partial charge is 0.253 e. The van der Waals surface area contributed by atoms with Gasteiger partial charge < -0.3 is 20.7 Å². The molecule has 1 aliphatic heterocycles. The number of phenolic OH excluding ortho intramolecular Hbond substituents is 1. The number of carbonyl (C=O) groups excluding carboxylic acids is 1. The van der Waals surface area contributed by atoms with Crippen LogP contribution in [0.1, 0.15) is 28.8 Å². The fraction of sp³-hybridized carbons (Fsp3) is 0.222. The van der Waals surface area contributed by atoms with Crippen molar-refractivity contribution in [1.82, 2.24) is 4.90 Å². The first-order valence-electron chi connectivity index (χ1n) is 7.67. The molecular weight excluding hydrogens is 290 g/mol. The van der Waals surface area contributed by atoms with Crippen LogP contribution in [-0.4, -0.2) is 35.2 Å². The zero-order valence-corrected chi connectivity index (χ0v) is 12.7. The Morgan fingerprint density at radius 1 is 1.17 bits per heavy atom. The average molecular weight is 309 g/mol. The van der Waals surface area contributed by atoms with Gasteiger partial charge in [0, 0.05) is 41.8 Å². The maximum atomic E-state index is 12.4. The Balaban J connectivity index is 1.83. The molecule has 1 amide bonds. The number of nitrogens with one attached hydrogen (secondary N) is 2. The van der Waals surface area contributed by atoms with Gasteiger partial charge in [0.25, 0.3) is 5.91 Å². The molecule has 0 bridgehead atoms. The standard InChI is InChI=1S/C18H19N3O2/c19-12-14-11-16(22)6-7-17(14)20-15-5-3-4-13(10-15)18(23)21-8-1-2-9-21/h3-7,10-12,19-20,22H,1-2,8-9H2. The van der Waals surface area contributed by atoms with E-state index < -0.39 is 0 Å². The molecule has 1 saturated heterocycles. The van der Waals surface area contributed by atoms with Crippen molar-refractivity contribution in [3.63, 3.8) is 0 Å². The van der Waals surface area contributed by atoms with Crippen LogP contribution in [0, 0.1) is 5.41 Å². The van der Waals surface area contributed by atoms with Gasteiger partial charge in [-0.3, -0.25) is 4.79 Å². The van der Waals surface area contributed by atoms with Crippen molar-refractivity contribution in [1.29, 1.82) is 5.41 Å². The number of nitrogens with zero attached hydrogens (tertiary/aromatic N) is 1. The third kappa shape index (κ3) is 3.34. The largest absolute Gasteiger partial charge is 0.508 e. The number of aromatic hydroxyl groups is 1. The predicted octanol–water partition coefficient (Wildman–Crippen LogP) is 3.37. The van der Waals surface area contributed by atoms with E-state index in [1.165, 1.54) is 12.3 Å². The fourth-order valence-electron chi connectivity index (χ4n) is 2.77. The molecule has 1 fully saturated rings. The summed E-state index contributed by atoms with van der Waals surface area (Å²) in [6, 6.07) is 12.2. The zero-order valence-electron chi connectivity index (χ0n) is 12.7. The maximum Gasteiger partial charge on any atom is 0.253 e. The Kier molecular flexibility index (Phi) is 4.28. The number of anilines is 2. The molecule has 3 rings (SSSR count). The van der Waals surface area contributed by atoms with Crippen LogP contribution in [-0.2, 0) is 0 Å². The molecule has 5 nitrogen and oxygen atoms in total. The highest BCUT2D eigenvalue weighted by Crippen LogP contribution is 2.24. The molecule has 2 aromatic carbocycles. The second-order valence-corrected chi connectivity index (χ2v) is 5.62. The lowest BCUT2D eigenvalue weighted by Gasteiger charge is -2.16. The van der Waals surface area contributed by atoms with Gasteiger partial charge in [-0.2, -0.15) is 0 Å². The van der Waals surface area contributed by atoms with Gasteiger partial charge in [0.05, 0.1) is 0 Å². The second kappa shape index (κ2) is 6.52. The first kappa shape index (κ1) is 15.1. The van der Waals surface area contributed by atoms with Crippen molar-refractivity contribution < 1.29 is 9.90 Å². The molecule has 3 N–H and O–H groups in total. The summed E-state index contributed by atoms with van der Waals surface area (Å²) >= 11 is 0. The van der Waals surface area contributed by atoms with Gasteiger partial charge in [-0.1, -0.05) is 6.07 Å². The van der Waals surface area contributed by atoms with Crippen molar-refractivity contribution in [2.24, 2.45) is 0 Å². The van der Waals surface area contributed by atoms with Crippen LogP contribution >= 0.6 is 0 Å². The van der Waals surface area contributed by atoms with E-state index in [9.17, 15) is 9.90 Å². The van der Waals surface area contributed by atoms with Gasteiger partial charge in [0.2, 0.25) is 0 Å². The normalized spacial score (nSPS) is 13.8.